The van der Waals surface area contributed by atoms with E-state index >= 15 is 0 Å². The van der Waals surface area contributed by atoms with Crippen molar-refractivity contribution in [2.75, 3.05) is 12.4 Å². The molecule has 2 aromatic carbocycles. The fourth-order valence-corrected chi connectivity index (χ4v) is 2.92. The molecule has 0 fully saturated rings. The van der Waals surface area contributed by atoms with Crippen LogP contribution in [-0.4, -0.2) is 17.6 Å². The highest BCUT2D eigenvalue weighted by molar-refractivity contribution is 6.11. The zero-order valence-corrected chi connectivity index (χ0v) is 15.0. The summed E-state index contributed by atoms with van der Waals surface area (Å²) in [4.78, 5) is 12.6. The molecule has 134 valence electrons. The van der Waals surface area contributed by atoms with Gasteiger partial charge >= 0.3 is 0 Å². The molecule has 1 aromatic heterocycles. The molecule has 3 aromatic rings. The van der Waals surface area contributed by atoms with Crippen LogP contribution < -0.4 is 10.1 Å². The van der Waals surface area contributed by atoms with Crippen molar-refractivity contribution in [1.29, 1.82) is 5.26 Å². The number of nitrogens with zero attached hydrogens (tertiary/aromatic N) is 2. The molecule has 5 nitrogen and oxygen atoms in total. The lowest BCUT2D eigenvalue weighted by atomic mass is 10.1. The summed E-state index contributed by atoms with van der Waals surface area (Å²) in [6.07, 6.45) is 5.33. The monoisotopic (exact) mass is 357 g/mol. The second kappa shape index (κ2) is 8.07. The molecule has 1 heterocycles. The van der Waals surface area contributed by atoms with Gasteiger partial charge in [0, 0.05) is 29.2 Å². The molecule has 5 heteroatoms. The summed E-state index contributed by atoms with van der Waals surface area (Å²) in [6, 6.07) is 16.9. The fourth-order valence-electron chi connectivity index (χ4n) is 2.92. The number of fused-ring (bicyclic) bond motifs is 1. The van der Waals surface area contributed by atoms with Crippen molar-refractivity contribution in [1.82, 2.24) is 4.57 Å². The van der Waals surface area contributed by atoms with Crippen LogP contribution in [0.4, 0.5) is 5.69 Å². The van der Waals surface area contributed by atoms with Crippen molar-refractivity contribution in [3.05, 3.63) is 78.5 Å². The van der Waals surface area contributed by atoms with Gasteiger partial charge in [0.25, 0.3) is 5.91 Å². The first kappa shape index (κ1) is 18.0. The van der Waals surface area contributed by atoms with E-state index in [4.69, 9.17) is 4.74 Å². The van der Waals surface area contributed by atoms with Gasteiger partial charge in [-0.15, -0.1) is 6.58 Å². The second-order valence-electron chi connectivity index (χ2n) is 5.87. The van der Waals surface area contributed by atoms with Gasteiger partial charge < -0.3 is 14.6 Å². The Balaban J connectivity index is 1.97. The number of ether oxygens (including phenoxy) is 1. The van der Waals surface area contributed by atoms with Gasteiger partial charge in [-0.1, -0.05) is 36.4 Å². The molecular formula is C22H19N3O2. The third-order valence-electron chi connectivity index (χ3n) is 4.17. The van der Waals surface area contributed by atoms with Gasteiger partial charge in [-0.2, -0.15) is 5.26 Å². The van der Waals surface area contributed by atoms with Gasteiger partial charge in [0.15, 0.2) is 0 Å². The number of aromatic nitrogens is 1. The molecule has 0 radical (unpaired) electrons. The molecule has 0 bridgehead atoms. The van der Waals surface area contributed by atoms with Crippen LogP contribution in [0.15, 0.2) is 73.0 Å². The van der Waals surface area contributed by atoms with Crippen LogP contribution in [0.3, 0.4) is 0 Å². The van der Waals surface area contributed by atoms with E-state index < -0.39 is 5.91 Å². The van der Waals surface area contributed by atoms with E-state index in [1.807, 2.05) is 47.2 Å². The summed E-state index contributed by atoms with van der Waals surface area (Å²) in [6.45, 7) is 4.42. The number of hydrogen-bond donors (Lipinski definition) is 1. The van der Waals surface area contributed by atoms with Crippen LogP contribution in [-0.2, 0) is 11.3 Å². The van der Waals surface area contributed by atoms with Gasteiger partial charge in [-0.25, -0.2) is 0 Å². The predicted molar refractivity (Wildman–Crippen MR) is 107 cm³/mol. The number of allylic oxidation sites excluding steroid dienone is 1. The van der Waals surface area contributed by atoms with Gasteiger partial charge in [0.2, 0.25) is 0 Å². The highest BCUT2D eigenvalue weighted by Crippen LogP contribution is 2.26. The molecule has 3 rings (SSSR count). The van der Waals surface area contributed by atoms with E-state index in [2.05, 4.69) is 11.9 Å². The highest BCUT2D eigenvalue weighted by atomic mass is 16.5. The summed E-state index contributed by atoms with van der Waals surface area (Å²) in [5, 5.41) is 13.2. The quantitative estimate of drug-likeness (QED) is 0.404. The van der Waals surface area contributed by atoms with Crippen LogP contribution >= 0.6 is 0 Å². The molecule has 27 heavy (non-hydrogen) atoms. The van der Waals surface area contributed by atoms with Crippen LogP contribution in [0.5, 0.6) is 5.75 Å². The molecule has 1 amide bonds. The molecule has 0 saturated carbocycles. The summed E-state index contributed by atoms with van der Waals surface area (Å²) < 4.78 is 7.27. The zero-order valence-electron chi connectivity index (χ0n) is 15.0. The Labute approximate surface area is 157 Å². The number of methoxy groups -OCH3 is 1. The van der Waals surface area contributed by atoms with E-state index in [1.54, 1.807) is 30.4 Å². The number of rotatable bonds is 6. The van der Waals surface area contributed by atoms with Crippen molar-refractivity contribution in [3.63, 3.8) is 0 Å². The number of amides is 1. The number of nitriles is 1. The SMILES string of the molecule is C=CCn1cc(/C=C(\C#N)C(=O)Nc2ccccc2OC)c2ccccc21. The van der Waals surface area contributed by atoms with Crippen molar-refractivity contribution >= 4 is 28.6 Å². The number of nitrogens with one attached hydrogen (secondary N) is 1. The Morgan fingerprint density at radius 1 is 1.26 bits per heavy atom. The van der Waals surface area contributed by atoms with Crippen molar-refractivity contribution in [2.45, 2.75) is 6.54 Å². The standard InChI is InChI=1S/C22H19N3O2/c1-3-12-25-15-17(18-8-4-6-10-20(18)25)13-16(14-23)22(26)24-19-9-5-7-11-21(19)27-2/h3-11,13,15H,1,12H2,2H3,(H,24,26)/b16-13+. The second-order valence-corrected chi connectivity index (χ2v) is 5.87. The Hall–Kier alpha value is -3.78. The van der Waals surface area contributed by atoms with Gasteiger partial charge in [-0.3, -0.25) is 4.79 Å². The Morgan fingerprint density at radius 2 is 2.00 bits per heavy atom. The summed E-state index contributed by atoms with van der Waals surface area (Å²) in [7, 11) is 1.53. The predicted octanol–water partition coefficient (Wildman–Crippen LogP) is 4.38. The largest absolute Gasteiger partial charge is 0.495 e. The molecule has 0 atom stereocenters. The van der Waals surface area contributed by atoms with E-state index in [0.717, 1.165) is 16.5 Å². The van der Waals surface area contributed by atoms with Gasteiger partial charge in [0.1, 0.15) is 17.4 Å². The average molecular weight is 357 g/mol. The normalized spacial score (nSPS) is 11.0. The number of carbonyl (C=O) groups is 1. The van der Waals surface area contributed by atoms with Gasteiger partial charge in [0.05, 0.1) is 12.8 Å². The van der Waals surface area contributed by atoms with Crippen LogP contribution in [0.25, 0.3) is 17.0 Å². The maximum Gasteiger partial charge on any atom is 0.266 e. The minimum absolute atomic E-state index is 0.0161. The van der Waals surface area contributed by atoms with Crippen molar-refractivity contribution in [3.8, 4) is 11.8 Å². The molecule has 0 saturated heterocycles. The first-order chi connectivity index (χ1) is 13.2. The Bertz CT molecular complexity index is 1070. The number of carbonyl (C=O) groups excluding carboxylic acids is 1. The summed E-state index contributed by atoms with van der Waals surface area (Å²) >= 11 is 0. The third kappa shape index (κ3) is 3.75. The Kier molecular flexibility index (Phi) is 5.38. The summed E-state index contributed by atoms with van der Waals surface area (Å²) in [5.41, 5.74) is 2.35. The smallest absolute Gasteiger partial charge is 0.266 e. The zero-order chi connectivity index (χ0) is 19.2. The Morgan fingerprint density at radius 3 is 2.74 bits per heavy atom. The number of hydrogen-bond acceptors (Lipinski definition) is 3. The van der Waals surface area contributed by atoms with E-state index in [1.165, 1.54) is 7.11 Å². The highest BCUT2D eigenvalue weighted by Gasteiger charge is 2.14. The molecule has 0 aliphatic rings. The molecule has 0 spiro atoms. The lowest BCUT2D eigenvalue weighted by Crippen LogP contribution is -2.14. The van der Waals surface area contributed by atoms with E-state index in [-0.39, 0.29) is 5.57 Å². The molecule has 0 unspecified atom stereocenters. The first-order valence-corrected chi connectivity index (χ1v) is 8.43. The minimum Gasteiger partial charge on any atom is -0.495 e. The fraction of sp³-hybridized carbons (Fsp3) is 0.0909. The van der Waals surface area contributed by atoms with Crippen molar-refractivity contribution in [2.24, 2.45) is 0 Å². The molecule has 0 aliphatic heterocycles. The average Bonchev–Trinajstić information content (AvgIpc) is 3.04. The first-order valence-electron chi connectivity index (χ1n) is 8.43. The van der Waals surface area contributed by atoms with Crippen LogP contribution in [0.1, 0.15) is 5.56 Å². The third-order valence-corrected chi connectivity index (χ3v) is 4.17. The minimum atomic E-state index is -0.484. The topological polar surface area (TPSA) is 67.0 Å². The maximum atomic E-state index is 12.6. The van der Waals surface area contributed by atoms with Gasteiger partial charge in [-0.05, 0) is 24.3 Å². The molecule has 1 N–H and O–H groups in total. The number of anilines is 1. The lowest BCUT2D eigenvalue weighted by molar-refractivity contribution is -0.112. The molecular weight excluding hydrogens is 338 g/mol. The van der Waals surface area contributed by atoms with Crippen molar-refractivity contribution < 1.29 is 9.53 Å². The van der Waals surface area contributed by atoms with E-state index in [0.29, 0.717) is 18.0 Å². The van der Waals surface area contributed by atoms with Crippen LogP contribution in [0.2, 0.25) is 0 Å². The summed E-state index contributed by atoms with van der Waals surface area (Å²) in [5.74, 6) is 0.0493. The van der Waals surface area contributed by atoms with E-state index in [9.17, 15) is 10.1 Å². The number of para-hydroxylation sites is 3. The lowest BCUT2D eigenvalue weighted by Gasteiger charge is -2.09. The maximum absolute atomic E-state index is 12.6. The number of benzene rings is 2. The molecule has 0 aliphatic carbocycles. The van der Waals surface area contributed by atoms with Crippen LogP contribution in [0, 0.1) is 11.3 Å².